The number of carbonyl (C=O) groups is 1. The number of nitrogens with zero attached hydrogens (tertiary/aromatic N) is 1. The van der Waals surface area contributed by atoms with Crippen LogP contribution in [0.4, 0.5) is 0 Å². The fraction of sp³-hybridized carbons (Fsp3) is 0.600. The van der Waals surface area contributed by atoms with E-state index in [1.165, 1.54) is 0 Å². The van der Waals surface area contributed by atoms with Crippen molar-refractivity contribution >= 4 is 34.2 Å². The zero-order chi connectivity index (χ0) is 10.8. The molecule has 0 bridgehead atoms. The molecule has 78 valence electrons. The van der Waals surface area contributed by atoms with Crippen LogP contribution >= 0.6 is 24.0 Å². The van der Waals surface area contributed by atoms with Gasteiger partial charge in [-0.1, -0.05) is 30.1 Å². The molecule has 1 heterocycles. The van der Waals surface area contributed by atoms with E-state index in [1.807, 2.05) is 13.8 Å². The molecule has 1 saturated heterocycles. The summed E-state index contributed by atoms with van der Waals surface area (Å²) in [4.78, 5) is 13.7. The quantitative estimate of drug-likeness (QED) is 0.536. The molecule has 0 atom stereocenters. The Labute approximate surface area is 94.7 Å². The Morgan fingerprint density at radius 1 is 1.71 bits per heavy atom. The normalized spacial score (nSPS) is 18.1. The summed E-state index contributed by atoms with van der Waals surface area (Å²) in [6.07, 6.45) is 2.70. The minimum absolute atomic E-state index is 0.0599. The highest BCUT2D eigenvalue weighted by Gasteiger charge is 2.32. The summed E-state index contributed by atoms with van der Waals surface area (Å²) in [6, 6.07) is 0. The third-order valence-corrected chi connectivity index (χ3v) is 3.81. The molecular weight excluding hydrogens is 214 g/mol. The Balaban J connectivity index is 2.77. The number of thiocarbonyl (C=S) groups is 1. The van der Waals surface area contributed by atoms with Crippen molar-refractivity contribution in [2.24, 2.45) is 5.41 Å². The third kappa shape index (κ3) is 2.36. The molecule has 14 heavy (non-hydrogen) atoms. The van der Waals surface area contributed by atoms with Crippen LogP contribution in [-0.2, 0) is 4.79 Å². The zero-order valence-electron chi connectivity index (χ0n) is 8.58. The Morgan fingerprint density at radius 3 is 2.86 bits per heavy atom. The fourth-order valence-corrected chi connectivity index (χ4v) is 2.37. The first-order valence-corrected chi connectivity index (χ1v) is 6.01. The van der Waals surface area contributed by atoms with Crippen LogP contribution in [0.3, 0.4) is 0 Å². The minimum Gasteiger partial charge on any atom is -0.297 e. The van der Waals surface area contributed by atoms with Gasteiger partial charge in [0.2, 0.25) is 5.91 Å². The molecule has 1 amide bonds. The van der Waals surface area contributed by atoms with Crippen molar-refractivity contribution in [2.75, 3.05) is 12.3 Å². The monoisotopic (exact) mass is 229 g/mol. The Morgan fingerprint density at radius 2 is 2.36 bits per heavy atom. The Kier molecular flexibility index (Phi) is 3.72. The fourth-order valence-electron chi connectivity index (χ4n) is 1.17. The van der Waals surface area contributed by atoms with E-state index in [-0.39, 0.29) is 5.91 Å². The van der Waals surface area contributed by atoms with Gasteiger partial charge in [0.15, 0.2) is 0 Å². The number of thioether (sulfide) groups is 1. The topological polar surface area (TPSA) is 20.3 Å². The number of amides is 1. The molecule has 1 aliphatic rings. The Hall–Kier alpha value is -0.350. The lowest BCUT2D eigenvalue weighted by molar-refractivity contribution is -0.133. The van der Waals surface area contributed by atoms with Crippen LogP contribution in [-0.4, -0.2) is 27.4 Å². The third-order valence-electron chi connectivity index (χ3n) is 2.28. The molecule has 0 aromatic heterocycles. The van der Waals surface area contributed by atoms with Crippen LogP contribution in [0.5, 0.6) is 0 Å². The summed E-state index contributed by atoms with van der Waals surface area (Å²) in [5.74, 6) is 1.08. The highest BCUT2D eigenvalue weighted by molar-refractivity contribution is 8.23. The van der Waals surface area contributed by atoms with Crippen LogP contribution < -0.4 is 0 Å². The van der Waals surface area contributed by atoms with Gasteiger partial charge in [0.25, 0.3) is 0 Å². The summed E-state index contributed by atoms with van der Waals surface area (Å²) in [6.45, 7) is 8.16. The van der Waals surface area contributed by atoms with Crippen LogP contribution in [0, 0.1) is 5.41 Å². The van der Waals surface area contributed by atoms with Crippen molar-refractivity contribution in [1.29, 1.82) is 0 Å². The number of carbonyl (C=O) groups excluding carboxylic acids is 1. The zero-order valence-corrected chi connectivity index (χ0v) is 10.2. The minimum atomic E-state index is -0.512. The van der Waals surface area contributed by atoms with Crippen LogP contribution in [0.25, 0.3) is 0 Å². The molecule has 2 nitrogen and oxygen atoms in total. The van der Waals surface area contributed by atoms with Crippen LogP contribution in [0.15, 0.2) is 12.7 Å². The van der Waals surface area contributed by atoms with E-state index >= 15 is 0 Å². The van der Waals surface area contributed by atoms with Crippen LogP contribution in [0.1, 0.15) is 20.3 Å². The van der Waals surface area contributed by atoms with E-state index in [0.717, 1.165) is 18.7 Å². The van der Waals surface area contributed by atoms with E-state index < -0.39 is 5.41 Å². The lowest BCUT2D eigenvalue weighted by atomic mass is 9.92. The average Bonchev–Trinajstić information content (AvgIpc) is 2.17. The first kappa shape index (κ1) is 11.7. The van der Waals surface area contributed by atoms with Crippen molar-refractivity contribution in [3.8, 4) is 0 Å². The summed E-state index contributed by atoms with van der Waals surface area (Å²) in [7, 11) is 0. The highest BCUT2D eigenvalue weighted by atomic mass is 32.2. The van der Waals surface area contributed by atoms with Gasteiger partial charge in [0, 0.05) is 12.3 Å². The number of hydrogen-bond donors (Lipinski definition) is 0. The molecule has 0 saturated carbocycles. The average molecular weight is 229 g/mol. The van der Waals surface area contributed by atoms with Crippen LogP contribution in [0.2, 0.25) is 0 Å². The van der Waals surface area contributed by atoms with Gasteiger partial charge in [0.1, 0.15) is 4.32 Å². The molecule has 0 unspecified atom stereocenters. The first-order chi connectivity index (χ1) is 6.49. The van der Waals surface area contributed by atoms with E-state index in [0.29, 0.717) is 4.32 Å². The Bertz CT molecular complexity index is 273. The lowest BCUT2D eigenvalue weighted by Crippen LogP contribution is -2.44. The van der Waals surface area contributed by atoms with Gasteiger partial charge in [-0.05, 0) is 20.3 Å². The molecule has 0 radical (unpaired) electrons. The molecule has 1 rings (SSSR count). The van der Waals surface area contributed by atoms with Gasteiger partial charge in [-0.3, -0.25) is 9.69 Å². The highest BCUT2D eigenvalue weighted by Crippen LogP contribution is 2.25. The van der Waals surface area contributed by atoms with E-state index in [2.05, 4.69) is 6.58 Å². The standard InChI is InChI=1S/C10H15NOS2/c1-4-10(2,3)8(12)11-6-5-7-14-9(11)13/h4H,1,5-7H2,2-3H3. The van der Waals surface area contributed by atoms with Gasteiger partial charge >= 0.3 is 0 Å². The maximum Gasteiger partial charge on any atom is 0.237 e. The van der Waals surface area contributed by atoms with Gasteiger partial charge in [-0.15, -0.1) is 6.58 Å². The number of rotatable bonds is 2. The summed E-state index contributed by atoms with van der Waals surface area (Å²) < 4.78 is 0.705. The molecule has 0 aromatic rings. The van der Waals surface area contributed by atoms with Crippen molar-refractivity contribution in [1.82, 2.24) is 4.90 Å². The molecule has 0 spiro atoms. The molecular formula is C10H15NOS2. The SMILES string of the molecule is C=CC(C)(C)C(=O)N1CCCSC1=S. The van der Waals surface area contributed by atoms with Gasteiger partial charge in [-0.2, -0.15) is 0 Å². The summed E-state index contributed by atoms with van der Waals surface area (Å²) in [5, 5.41) is 0. The van der Waals surface area contributed by atoms with Gasteiger partial charge in [-0.25, -0.2) is 0 Å². The summed E-state index contributed by atoms with van der Waals surface area (Å²) >= 11 is 6.74. The summed E-state index contributed by atoms with van der Waals surface area (Å²) in [5.41, 5.74) is -0.512. The van der Waals surface area contributed by atoms with Crippen molar-refractivity contribution in [3.05, 3.63) is 12.7 Å². The van der Waals surface area contributed by atoms with E-state index in [1.54, 1.807) is 22.7 Å². The van der Waals surface area contributed by atoms with E-state index in [4.69, 9.17) is 12.2 Å². The van der Waals surface area contributed by atoms with Crippen molar-refractivity contribution in [2.45, 2.75) is 20.3 Å². The van der Waals surface area contributed by atoms with E-state index in [9.17, 15) is 4.79 Å². The largest absolute Gasteiger partial charge is 0.297 e. The molecule has 1 fully saturated rings. The molecule has 0 N–H and O–H groups in total. The molecule has 0 aliphatic carbocycles. The predicted molar refractivity (Wildman–Crippen MR) is 65.4 cm³/mol. The first-order valence-electron chi connectivity index (χ1n) is 4.61. The second-order valence-corrected chi connectivity index (χ2v) is 5.58. The molecule has 1 aliphatic heterocycles. The lowest BCUT2D eigenvalue weighted by Gasteiger charge is -2.32. The molecule has 0 aromatic carbocycles. The maximum atomic E-state index is 12.0. The second-order valence-electron chi connectivity index (χ2n) is 3.85. The molecule has 4 heteroatoms. The maximum absolute atomic E-state index is 12.0. The van der Waals surface area contributed by atoms with Crippen molar-refractivity contribution in [3.63, 3.8) is 0 Å². The smallest absolute Gasteiger partial charge is 0.237 e. The second kappa shape index (κ2) is 4.45. The van der Waals surface area contributed by atoms with Gasteiger partial charge < -0.3 is 0 Å². The number of hydrogen-bond acceptors (Lipinski definition) is 3. The van der Waals surface area contributed by atoms with Crippen molar-refractivity contribution < 1.29 is 4.79 Å². The van der Waals surface area contributed by atoms with Gasteiger partial charge in [0.05, 0.1) is 5.41 Å². The predicted octanol–water partition coefficient (Wildman–Crippen LogP) is 2.45.